The molecular weight excluding hydrogens is 738 g/mol. The molecule has 3 rings (SSSR count). The molecule has 0 bridgehead atoms. The van der Waals surface area contributed by atoms with Crippen LogP contribution in [0.25, 0.3) is 0 Å². The summed E-state index contributed by atoms with van der Waals surface area (Å²) in [5, 5.41) is 132. The maximum atomic E-state index is 12.5. The molecule has 3 aliphatic rings. The minimum Gasteiger partial charge on any atom is -0.394 e. The van der Waals surface area contributed by atoms with Crippen molar-refractivity contribution < 1.29 is 104 Å². The lowest BCUT2D eigenvalue weighted by molar-refractivity contribution is -0.369. The molecule has 0 aromatic carbocycles. The van der Waals surface area contributed by atoms with Gasteiger partial charge in [0.1, 0.15) is 91.4 Å². The molecule has 0 saturated carbocycles. The van der Waals surface area contributed by atoms with Crippen LogP contribution >= 0.6 is 0 Å². The van der Waals surface area contributed by atoms with E-state index in [1.165, 1.54) is 0 Å². The number of ether oxygens (including phenoxy) is 6. The van der Waals surface area contributed by atoms with E-state index in [9.17, 15) is 75.7 Å². The van der Waals surface area contributed by atoms with Gasteiger partial charge in [-0.05, 0) is 0 Å². The van der Waals surface area contributed by atoms with Gasteiger partial charge in [-0.3, -0.25) is 14.4 Å². The molecule has 0 aromatic heterocycles. The summed E-state index contributed by atoms with van der Waals surface area (Å²) < 4.78 is 34.4. The van der Waals surface area contributed by atoms with Gasteiger partial charge in [-0.1, -0.05) is 0 Å². The van der Waals surface area contributed by atoms with Gasteiger partial charge in [-0.2, -0.15) is 0 Å². The molecular formula is C30H53N3O21. The number of aliphatic hydroxyl groups excluding tert-OH is 12. The Hall–Kier alpha value is -2.31. The molecule has 24 nitrogen and oxygen atoms in total. The van der Waals surface area contributed by atoms with Crippen molar-refractivity contribution in [3.8, 4) is 0 Å². The van der Waals surface area contributed by atoms with E-state index in [-0.39, 0.29) is 0 Å². The summed E-state index contributed by atoms with van der Waals surface area (Å²) in [4.78, 5) is 36.3. The predicted molar refractivity (Wildman–Crippen MR) is 171 cm³/mol. The van der Waals surface area contributed by atoms with Crippen LogP contribution in [0.3, 0.4) is 0 Å². The zero-order valence-corrected chi connectivity index (χ0v) is 29.5. The second-order valence-electron chi connectivity index (χ2n) is 13.1. The van der Waals surface area contributed by atoms with Crippen LogP contribution in [0.2, 0.25) is 0 Å². The first kappa shape index (κ1) is 46.1. The third kappa shape index (κ3) is 11.0. The van der Waals surface area contributed by atoms with Gasteiger partial charge in [0.2, 0.25) is 17.7 Å². The summed E-state index contributed by atoms with van der Waals surface area (Å²) in [6.07, 6.45) is -29.2. The van der Waals surface area contributed by atoms with E-state index in [4.69, 9.17) is 28.4 Å². The summed E-state index contributed by atoms with van der Waals surface area (Å²) in [5.74, 6) is -2.24. The Bertz CT molecular complexity index is 1210. The molecule has 0 aromatic rings. The van der Waals surface area contributed by atoms with Gasteiger partial charge < -0.3 is 106 Å². The average Bonchev–Trinajstić information content (AvgIpc) is 3.12. The number of carbonyl (C=O) groups is 3. The van der Waals surface area contributed by atoms with Crippen molar-refractivity contribution in [2.45, 2.75) is 137 Å². The average molecular weight is 792 g/mol. The molecule has 54 heavy (non-hydrogen) atoms. The van der Waals surface area contributed by atoms with Crippen LogP contribution in [-0.4, -0.2) is 228 Å². The van der Waals surface area contributed by atoms with Crippen LogP contribution in [-0.2, 0) is 42.8 Å². The Labute approximate surface area is 308 Å². The Balaban J connectivity index is 2.01. The molecule has 24 heteroatoms. The highest BCUT2D eigenvalue weighted by atomic mass is 16.7. The zero-order valence-electron chi connectivity index (χ0n) is 29.5. The third-order valence-electron chi connectivity index (χ3n) is 9.07. The third-order valence-corrected chi connectivity index (χ3v) is 9.07. The quantitative estimate of drug-likeness (QED) is 0.0650. The summed E-state index contributed by atoms with van der Waals surface area (Å²) in [7, 11) is 0. The van der Waals surface area contributed by atoms with E-state index in [0.29, 0.717) is 0 Å². The first-order chi connectivity index (χ1) is 25.4. The minimum absolute atomic E-state index is 0.718. The summed E-state index contributed by atoms with van der Waals surface area (Å²) in [5.41, 5.74) is 0. The summed E-state index contributed by atoms with van der Waals surface area (Å²) in [6, 6.07) is -4.70. The fraction of sp³-hybridized carbons (Fsp3) is 0.900. The maximum Gasteiger partial charge on any atom is 0.217 e. The maximum absolute atomic E-state index is 12.5. The molecule has 19 unspecified atom stereocenters. The van der Waals surface area contributed by atoms with Gasteiger partial charge in [0.15, 0.2) is 18.9 Å². The topological polar surface area (TPSA) is 385 Å². The van der Waals surface area contributed by atoms with E-state index < -0.39 is 167 Å². The van der Waals surface area contributed by atoms with Gasteiger partial charge in [0.05, 0.1) is 39.1 Å². The lowest BCUT2D eigenvalue weighted by atomic mass is 9.94. The van der Waals surface area contributed by atoms with E-state index in [0.717, 1.165) is 20.8 Å². The number of carbonyl (C=O) groups excluding carboxylic acids is 3. The molecule has 15 N–H and O–H groups in total. The van der Waals surface area contributed by atoms with Crippen molar-refractivity contribution in [2.75, 3.05) is 33.0 Å². The van der Waals surface area contributed by atoms with E-state index in [1.807, 2.05) is 0 Å². The normalized spacial score (nSPS) is 39.5. The van der Waals surface area contributed by atoms with Crippen LogP contribution in [0, 0.1) is 0 Å². The minimum atomic E-state index is -2.10. The molecule has 3 heterocycles. The SMILES string of the molecule is CC(=O)NC(CO)C(OC1OC(CO)C(O)C(OC2OC(CO)C(O)C(OC3OC(CO)C(O)C(O)C3NC(C)=O)C2O)C1NC(C)=O)C(O)C(O)CO. The number of amides is 3. The molecule has 0 radical (unpaired) electrons. The largest absolute Gasteiger partial charge is 0.394 e. The molecule has 19 atom stereocenters. The van der Waals surface area contributed by atoms with Crippen LogP contribution < -0.4 is 16.0 Å². The number of rotatable bonds is 17. The second kappa shape index (κ2) is 20.7. The van der Waals surface area contributed by atoms with Gasteiger partial charge in [-0.15, -0.1) is 0 Å². The molecule has 0 spiro atoms. The van der Waals surface area contributed by atoms with Gasteiger partial charge >= 0.3 is 0 Å². The lowest BCUT2D eigenvalue weighted by Crippen LogP contribution is -2.70. The highest BCUT2D eigenvalue weighted by Crippen LogP contribution is 2.33. The van der Waals surface area contributed by atoms with E-state index in [2.05, 4.69) is 16.0 Å². The lowest BCUT2D eigenvalue weighted by Gasteiger charge is -2.50. The smallest absolute Gasteiger partial charge is 0.217 e. The first-order valence-electron chi connectivity index (χ1n) is 17.0. The zero-order chi connectivity index (χ0) is 40.6. The highest BCUT2D eigenvalue weighted by Gasteiger charge is 2.55. The number of hydrogen-bond acceptors (Lipinski definition) is 21. The number of nitrogens with one attached hydrogen (secondary N) is 3. The summed E-state index contributed by atoms with van der Waals surface area (Å²) in [6.45, 7) is -1.48. The van der Waals surface area contributed by atoms with E-state index in [1.54, 1.807) is 0 Å². The Morgan fingerprint density at radius 1 is 0.593 bits per heavy atom. The van der Waals surface area contributed by atoms with Crippen LogP contribution in [0.5, 0.6) is 0 Å². The summed E-state index contributed by atoms with van der Waals surface area (Å²) >= 11 is 0. The Kier molecular flexibility index (Phi) is 17.7. The van der Waals surface area contributed by atoms with Crippen molar-refractivity contribution >= 4 is 17.7 Å². The van der Waals surface area contributed by atoms with Gasteiger partial charge in [-0.25, -0.2) is 0 Å². The fourth-order valence-electron chi connectivity index (χ4n) is 6.34. The van der Waals surface area contributed by atoms with Crippen LogP contribution in [0.1, 0.15) is 20.8 Å². The van der Waals surface area contributed by atoms with Gasteiger partial charge in [0, 0.05) is 20.8 Å². The number of hydrogen-bond donors (Lipinski definition) is 15. The first-order valence-corrected chi connectivity index (χ1v) is 17.0. The van der Waals surface area contributed by atoms with Gasteiger partial charge in [0.25, 0.3) is 0 Å². The van der Waals surface area contributed by atoms with E-state index >= 15 is 0 Å². The standard InChI is InChI=1S/C30H53N3O21/c1-9(39)31-12(4-34)25(19(43)13(42)5-35)52-29-18(33-11(3)41)26(21(45)15(7-37)50-29)53-30-24(48)27(22(46)16(8-38)51-30)54-28-17(32-10(2)40)23(47)20(44)14(6-36)49-28/h12-30,34-38,42-48H,4-8H2,1-3H3,(H,31,39)(H,32,40)(H,33,41). The molecule has 314 valence electrons. The molecule has 3 aliphatic heterocycles. The van der Waals surface area contributed by atoms with Crippen LogP contribution in [0.15, 0.2) is 0 Å². The second-order valence-corrected chi connectivity index (χ2v) is 13.1. The Morgan fingerprint density at radius 2 is 1.07 bits per heavy atom. The monoisotopic (exact) mass is 791 g/mol. The highest BCUT2D eigenvalue weighted by molar-refractivity contribution is 5.74. The van der Waals surface area contributed by atoms with Crippen molar-refractivity contribution in [2.24, 2.45) is 0 Å². The van der Waals surface area contributed by atoms with Crippen LogP contribution in [0.4, 0.5) is 0 Å². The van der Waals surface area contributed by atoms with Crippen molar-refractivity contribution in [1.29, 1.82) is 0 Å². The molecule has 3 fully saturated rings. The molecule has 0 aliphatic carbocycles. The number of aliphatic hydroxyl groups is 12. The van der Waals surface area contributed by atoms with Crippen molar-refractivity contribution in [3.05, 3.63) is 0 Å². The molecule has 3 amide bonds. The molecule has 3 saturated heterocycles. The van der Waals surface area contributed by atoms with Crippen molar-refractivity contribution in [3.63, 3.8) is 0 Å². The van der Waals surface area contributed by atoms with Crippen molar-refractivity contribution in [1.82, 2.24) is 16.0 Å². The Morgan fingerprint density at radius 3 is 1.57 bits per heavy atom. The fourth-order valence-corrected chi connectivity index (χ4v) is 6.34. The predicted octanol–water partition coefficient (Wildman–Crippen LogP) is -9.68.